The van der Waals surface area contributed by atoms with E-state index in [2.05, 4.69) is 26.0 Å². The highest BCUT2D eigenvalue weighted by atomic mass is 35.5. The Morgan fingerprint density at radius 3 is 2.56 bits per heavy atom. The van der Waals surface area contributed by atoms with Crippen LogP contribution in [0.25, 0.3) is 0 Å². The minimum atomic E-state index is -0.00690. The maximum atomic E-state index is 13.3. The van der Waals surface area contributed by atoms with Crippen LogP contribution in [0.3, 0.4) is 0 Å². The molecule has 1 aliphatic heterocycles. The van der Waals surface area contributed by atoms with E-state index in [0.717, 1.165) is 22.6 Å². The number of halogens is 1. The molecule has 0 spiro atoms. The van der Waals surface area contributed by atoms with Crippen molar-refractivity contribution in [2.45, 2.75) is 68.6 Å². The highest BCUT2D eigenvalue weighted by Gasteiger charge is 2.75. The van der Waals surface area contributed by atoms with E-state index >= 15 is 0 Å². The van der Waals surface area contributed by atoms with E-state index in [0.29, 0.717) is 27.8 Å². The average molecular weight is 376 g/mol. The Labute approximate surface area is 159 Å². The van der Waals surface area contributed by atoms with Crippen LogP contribution in [0, 0.1) is 22.7 Å². The zero-order chi connectivity index (χ0) is 17.4. The van der Waals surface area contributed by atoms with Gasteiger partial charge in [-0.25, -0.2) is 0 Å². The quantitative estimate of drug-likeness (QED) is 0.646. The lowest BCUT2D eigenvalue weighted by Gasteiger charge is -2.43. The standard InChI is InChI=1S/C22H28ClOS/c1-21(2)16-9-10-22(21,19(24)12-16)20-15-5-8-18(11-15)25(20)13-14-3-6-17(23)7-4-14/h3-4,6-7,15-16,18,20H,5,8-13H2,1-2H3/q+1/t15-,16-,18+,20+,22+,25?/m1/s1. The summed E-state index contributed by atoms with van der Waals surface area (Å²) in [5, 5.41) is 2.33. The largest absolute Gasteiger partial charge is 0.299 e. The summed E-state index contributed by atoms with van der Waals surface area (Å²) in [6, 6.07) is 8.46. The topological polar surface area (TPSA) is 17.1 Å². The van der Waals surface area contributed by atoms with Crippen molar-refractivity contribution >= 4 is 28.3 Å². The van der Waals surface area contributed by atoms with E-state index in [4.69, 9.17) is 11.6 Å². The van der Waals surface area contributed by atoms with Crippen LogP contribution < -0.4 is 0 Å². The number of Topliss-reactive ketones (excluding diaryl/α,β-unsaturated/α-hetero) is 1. The minimum Gasteiger partial charge on any atom is -0.299 e. The Kier molecular flexibility index (Phi) is 3.68. The summed E-state index contributed by atoms with van der Waals surface area (Å²) in [4.78, 5) is 13.3. The second-order valence-electron chi connectivity index (χ2n) is 9.41. The molecule has 3 saturated carbocycles. The fourth-order valence-electron chi connectivity index (χ4n) is 7.00. The fourth-order valence-corrected chi connectivity index (χ4v) is 11.3. The van der Waals surface area contributed by atoms with Crippen LogP contribution in [0.4, 0.5) is 0 Å². The Morgan fingerprint density at radius 2 is 1.92 bits per heavy atom. The maximum Gasteiger partial charge on any atom is 0.144 e. The predicted molar refractivity (Wildman–Crippen MR) is 106 cm³/mol. The van der Waals surface area contributed by atoms with Crippen molar-refractivity contribution in [2.24, 2.45) is 22.7 Å². The number of carbonyl (C=O) groups is 1. The number of fused-ring (bicyclic) bond motifs is 4. The van der Waals surface area contributed by atoms with Gasteiger partial charge < -0.3 is 0 Å². The first-order chi connectivity index (χ1) is 11.9. The second-order valence-corrected chi connectivity index (χ2v) is 12.3. The summed E-state index contributed by atoms with van der Waals surface area (Å²) in [6.45, 7) is 4.84. The van der Waals surface area contributed by atoms with Crippen LogP contribution in [-0.4, -0.2) is 16.3 Å². The molecular formula is C22H28ClOS+. The van der Waals surface area contributed by atoms with Crippen molar-refractivity contribution in [2.75, 3.05) is 0 Å². The zero-order valence-electron chi connectivity index (χ0n) is 15.3. The number of hydrogen-bond acceptors (Lipinski definition) is 1. The molecule has 4 bridgehead atoms. The predicted octanol–water partition coefficient (Wildman–Crippen LogP) is 5.40. The summed E-state index contributed by atoms with van der Waals surface area (Å²) in [5.41, 5.74) is 1.62. The molecule has 5 rings (SSSR count). The lowest BCUT2D eigenvalue weighted by Crippen LogP contribution is -2.53. The van der Waals surface area contributed by atoms with Gasteiger partial charge in [0.15, 0.2) is 0 Å². The molecule has 6 atom stereocenters. The van der Waals surface area contributed by atoms with Crippen molar-refractivity contribution in [1.82, 2.24) is 0 Å². The molecule has 1 heterocycles. The minimum absolute atomic E-state index is 0.00690. The van der Waals surface area contributed by atoms with Crippen LogP contribution in [0.15, 0.2) is 24.3 Å². The van der Waals surface area contributed by atoms with Crippen LogP contribution in [0.1, 0.15) is 57.9 Å². The van der Waals surface area contributed by atoms with Crippen molar-refractivity contribution in [3.8, 4) is 0 Å². The molecule has 1 aromatic rings. The summed E-state index contributed by atoms with van der Waals surface area (Å²) >= 11 is 6.09. The Bertz CT molecular complexity index is 711. The molecule has 1 unspecified atom stereocenters. The first kappa shape index (κ1) is 16.7. The maximum absolute atomic E-state index is 13.3. The molecule has 0 aromatic heterocycles. The molecule has 0 radical (unpaired) electrons. The van der Waals surface area contributed by atoms with E-state index in [9.17, 15) is 4.79 Å². The second kappa shape index (κ2) is 5.52. The molecule has 3 aliphatic carbocycles. The van der Waals surface area contributed by atoms with Gasteiger partial charge in [-0.1, -0.05) is 37.6 Å². The molecule has 0 N–H and O–H groups in total. The third-order valence-electron chi connectivity index (χ3n) is 8.33. The van der Waals surface area contributed by atoms with Crippen LogP contribution in [0.5, 0.6) is 0 Å². The summed E-state index contributed by atoms with van der Waals surface area (Å²) in [5.74, 6) is 3.24. The van der Waals surface area contributed by atoms with Gasteiger partial charge in [0.2, 0.25) is 0 Å². The number of hydrogen-bond donors (Lipinski definition) is 0. The highest BCUT2D eigenvalue weighted by molar-refractivity contribution is 7.97. The summed E-state index contributed by atoms with van der Waals surface area (Å²) in [6.07, 6.45) is 7.46. The molecule has 134 valence electrons. The van der Waals surface area contributed by atoms with E-state index in [-0.39, 0.29) is 10.8 Å². The number of ketones is 1. The third kappa shape index (κ3) is 2.13. The Hall–Kier alpha value is -0.470. The van der Waals surface area contributed by atoms with Crippen LogP contribution in [0.2, 0.25) is 5.02 Å². The summed E-state index contributed by atoms with van der Waals surface area (Å²) in [7, 11) is 0.356. The Morgan fingerprint density at radius 1 is 1.16 bits per heavy atom. The summed E-state index contributed by atoms with van der Waals surface area (Å²) < 4.78 is 0. The van der Waals surface area contributed by atoms with E-state index in [1.54, 1.807) is 0 Å². The molecule has 4 aliphatic rings. The zero-order valence-corrected chi connectivity index (χ0v) is 16.8. The van der Waals surface area contributed by atoms with Crippen LogP contribution >= 0.6 is 11.6 Å². The van der Waals surface area contributed by atoms with Crippen molar-refractivity contribution in [3.63, 3.8) is 0 Å². The van der Waals surface area contributed by atoms with Crippen molar-refractivity contribution in [3.05, 3.63) is 34.9 Å². The van der Waals surface area contributed by atoms with Gasteiger partial charge in [0.05, 0.1) is 5.41 Å². The van der Waals surface area contributed by atoms with Gasteiger partial charge in [-0.05, 0) is 60.0 Å². The highest BCUT2D eigenvalue weighted by Crippen LogP contribution is 2.70. The smallest absolute Gasteiger partial charge is 0.144 e. The number of carbonyl (C=O) groups excluding carboxylic acids is 1. The first-order valence-electron chi connectivity index (χ1n) is 9.90. The van der Waals surface area contributed by atoms with Gasteiger partial charge in [-0.15, -0.1) is 0 Å². The van der Waals surface area contributed by atoms with Gasteiger partial charge in [0.1, 0.15) is 22.0 Å². The molecule has 1 nitrogen and oxygen atoms in total. The molecule has 4 fully saturated rings. The van der Waals surface area contributed by atoms with Gasteiger partial charge in [0.25, 0.3) is 0 Å². The molecule has 3 heteroatoms. The first-order valence-corrected chi connectivity index (χ1v) is 11.8. The normalized spacial score (nSPS) is 44.0. The molecular weight excluding hydrogens is 348 g/mol. The van der Waals surface area contributed by atoms with Gasteiger partial charge in [-0.3, -0.25) is 4.79 Å². The SMILES string of the molecule is CC1(C)[C@@H]2CC[C@@]1([C@@H]1[C@@H]3CC[C@@H](C3)[S+]1Cc1ccc(Cl)cc1)C(=O)C2. The fraction of sp³-hybridized carbons (Fsp3) is 0.682. The van der Waals surface area contributed by atoms with E-state index in [1.165, 1.54) is 43.4 Å². The molecule has 25 heavy (non-hydrogen) atoms. The molecule has 1 saturated heterocycles. The molecule has 1 aromatic carbocycles. The monoisotopic (exact) mass is 375 g/mol. The van der Waals surface area contributed by atoms with Gasteiger partial charge in [0, 0.05) is 29.3 Å². The Balaban J connectivity index is 1.53. The average Bonchev–Trinajstić information content (AvgIpc) is 3.28. The van der Waals surface area contributed by atoms with Crippen LogP contribution in [-0.2, 0) is 21.4 Å². The lowest BCUT2D eigenvalue weighted by atomic mass is 9.64. The van der Waals surface area contributed by atoms with Gasteiger partial charge in [-0.2, -0.15) is 0 Å². The van der Waals surface area contributed by atoms with Crippen molar-refractivity contribution in [1.29, 1.82) is 0 Å². The lowest BCUT2D eigenvalue weighted by molar-refractivity contribution is -0.130. The van der Waals surface area contributed by atoms with E-state index in [1.807, 2.05) is 12.1 Å². The number of rotatable bonds is 3. The van der Waals surface area contributed by atoms with Crippen molar-refractivity contribution < 1.29 is 4.79 Å². The molecule has 0 amide bonds. The number of benzene rings is 1. The van der Waals surface area contributed by atoms with E-state index < -0.39 is 0 Å². The van der Waals surface area contributed by atoms with Gasteiger partial charge >= 0.3 is 0 Å². The third-order valence-corrected chi connectivity index (χ3v) is 12.0.